The number of ketones is 1. The number of rotatable bonds is 15. The van der Waals surface area contributed by atoms with Gasteiger partial charge in [0.1, 0.15) is 18.5 Å². The van der Waals surface area contributed by atoms with Crippen molar-refractivity contribution in [1.29, 1.82) is 0 Å². The first-order chi connectivity index (χ1) is 15.0. The summed E-state index contributed by atoms with van der Waals surface area (Å²) in [7, 11) is 0. The van der Waals surface area contributed by atoms with E-state index in [-0.39, 0.29) is 18.0 Å². The summed E-state index contributed by atoms with van der Waals surface area (Å²) in [5.41, 5.74) is 6.39. The number of halogens is 1. The average molecular weight is 431 g/mol. The van der Waals surface area contributed by atoms with Gasteiger partial charge in [0, 0.05) is 16.7 Å². The van der Waals surface area contributed by atoms with E-state index in [9.17, 15) is 14.0 Å². The van der Waals surface area contributed by atoms with Gasteiger partial charge in [-0.15, -0.1) is 6.58 Å². The molecule has 0 bridgehead atoms. The summed E-state index contributed by atoms with van der Waals surface area (Å²) < 4.78 is 33.1. The quantitative estimate of drug-likeness (QED) is 0.265. The van der Waals surface area contributed by atoms with E-state index in [1.165, 1.54) is 12.1 Å². The average Bonchev–Trinajstić information content (AvgIpc) is 2.80. The second-order valence-electron chi connectivity index (χ2n) is 6.38. The van der Waals surface area contributed by atoms with Crippen molar-refractivity contribution in [3.05, 3.63) is 77.9 Å². The van der Waals surface area contributed by atoms with Crippen LogP contribution in [0.25, 0.3) is 0 Å². The summed E-state index contributed by atoms with van der Waals surface area (Å²) in [5.74, 6) is -0.202. The maximum atomic E-state index is 12.6. The lowest BCUT2D eigenvalue weighted by atomic mass is 10.0. The summed E-state index contributed by atoms with van der Waals surface area (Å²) >= 11 is 0. The van der Waals surface area contributed by atoms with Crippen molar-refractivity contribution in [3.63, 3.8) is 0 Å². The highest BCUT2D eigenvalue weighted by Gasteiger charge is 2.11. The van der Waals surface area contributed by atoms with E-state index < -0.39 is 18.9 Å². The first-order valence-electron chi connectivity index (χ1n) is 9.68. The SMILES string of the molecule is C=CC(COCCOCCOc1ccc(C(=O)c2cccc(C(N)=O)c2)cc1)OCF. The fraction of sp³-hybridized carbons (Fsp3) is 0.304. The summed E-state index contributed by atoms with van der Waals surface area (Å²) in [4.78, 5) is 23.8. The molecule has 0 aliphatic heterocycles. The molecule has 1 amide bonds. The smallest absolute Gasteiger partial charge is 0.248 e. The van der Waals surface area contributed by atoms with Gasteiger partial charge in [-0.3, -0.25) is 9.59 Å². The van der Waals surface area contributed by atoms with E-state index in [2.05, 4.69) is 6.58 Å². The number of nitrogens with two attached hydrogens (primary N) is 1. The van der Waals surface area contributed by atoms with Crippen LogP contribution in [0.15, 0.2) is 61.2 Å². The largest absolute Gasteiger partial charge is 0.491 e. The van der Waals surface area contributed by atoms with Crippen molar-refractivity contribution < 1.29 is 32.9 Å². The molecule has 2 N–H and O–H groups in total. The molecule has 0 aromatic heterocycles. The maximum Gasteiger partial charge on any atom is 0.248 e. The van der Waals surface area contributed by atoms with Crippen LogP contribution < -0.4 is 10.5 Å². The van der Waals surface area contributed by atoms with Crippen LogP contribution in [-0.2, 0) is 14.2 Å². The third kappa shape index (κ3) is 8.29. The number of hydrogen-bond donors (Lipinski definition) is 1. The monoisotopic (exact) mass is 431 g/mol. The van der Waals surface area contributed by atoms with Crippen LogP contribution in [-0.4, -0.2) is 57.7 Å². The number of primary amides is 1. The lowest BCUT2D eigenvalue weighted by Gasteiger charge is -2.12. The Morgan fingerprint density at radius 2 is 1.65 bits per heavy atom. The second-order valence-corrected chi connectivity index (χ2v) is 6.38. The summed E-state index contributed by atoms with van der Waals surface area (Å²) in [6, 6.07) is 13.0. The van der Waals surface area contributed by atoms with Crippen molar-refractivity contribution in [1.82, 2.24) is 0 Å². The Morgan fingerprint density at radius 3 is 2.32 bits per heavy atom. The lowest BCUT2D eigenvalue weighted by molar-refractivity contribution is -0.0394. The Hall–Kier alpha value is -3.07. The van der Waals surface area contributed by atoms with E-state index in [4.69, 9.17) is 24.7 Å². The van der Waals surface area contributed by atoms with Crippen molar-refractivity contribution in [3.8, 4) is 5.75 Å². The fourth-order valence-corrected chi connectivity index (χ4v) is 2.59. The molecule has 0 fully saturated rings. The molecule has 0 aliphatic rings. The van der Waals surface area contributed by atoms with Gasteiger partial charge < -0.3 is 24.7 Å². The molecular formula is C23H26FNO6. The molecule has 2 aromatic rings. The maximum absolute atomic E-state index is 12.6. The molecule has 0 saturated heterocycles. The molecule has 2 aromatic carbocycles. The zero-order chi connectivity index (χ0) is 22.5. The molecule has 1 atom stereocenters. The van der Waals surface area contributed by atoms with Gasteiger partial charge in [-0.1, -0.05) is 18.2 Å². The first-order valence-corrected chi connectivity index (χ1v) is 9.68. The van der Waals surface area contributed by atoms with Crippen LogP contribution in [0.3, 0.4) is 0 Å². The van der Waals surface area contributed by atoms with Crippen LogP contribution in [0.5, 0.6) is 5.75 Å². The highest BCUT2D eigenvalue weighted by molar-refractivity contribution is 6.10. The number of ether oxygens (including phenoxy) is 4. The van der Waals surface area contributed by atoms with Crippen molar-refractivity contribution in [2.75, 3.05) is 39.9 Å². The van der Waals surface area contributed by atoms with Crippen molar-refractivity contribution in [2.24, 2.45) is 5.73 Å². The van der Waals surface area contributed by atoms with Crippen molar-refractivity contribution in [2.45, 2.75) is 6.10 Å². The van der Waals surface area contributed by atoms with Crippen LogP contribution >= 0.6 is 0 Å². The Balaban J connectivity index is 1.68. The molecule has 0 radical (unpaired) electrons. The Morgan fingerprint density at radius 1 is 0.968 bits per heavy atom. The van der Waals surface area contributed by atoms with Gasteiger partial charge >= 0.3 is 0 Å². The zero-order valence-electron chi connectivity index (χ0n) is 17.1. The molecule has 2 rings (SSSR count). The van der Waals surface area contributed by atoms with Gasteiger partial charge in [-0.25, -0.2) is 4.39 Å². The van der Waals surface area contributed by atoms with Crippen LogP contribution in [0, 0.1) is 0 Å². The van der Waals surface area contributed by atoms with Gasteiger partial charge in [-0.2, -0.15) is 0 Å². The Bertz CT molecular complexity index is 855. The summed E-state index contributed by atoms with van der Waals surface area (Å²) in [6.45, 7) is 4.25. The molecular weight excluding hydrogens is 405 g/mol. The van der Waals surface area contributed by atoms with Gasteiger partial charge in [0.2, 0.25) is 5.91 Å². The van der Waals surface area contributed by atoms with E-state index in [1.807, 2.05) is 0 Å². The Labute approximate surface area is 180 Å². The minimum atomic E-state index is -0.883. The minimum Gasteiger partial charge on any atom is -0.491 e. The van der Waals surface area contributed by atoms with E-state index in [1.54, 1.807) is 42.5 Å². The molecule has 0 heterocycles. The standard InChI is InChI=1S/C23H26FNO6/c1-2-20(31-16-24)15-29-11-10-28-12-13-30-21-8-6-17(7-9-21)22(26)18-4-3-5-19(14-18)23(25)27/h2-9,14,20H,1,10-13,15-16H2,(H2,25,27). The highest BCUT2D eigenvalue weighted by atomic mass is 19.1. The molecule has 0 saturated carbocycles. The first kappa shape index (κ1) is 24.2. The van der Waals surface area contributed by atoms with Crippen LogP contribution in [0.2, 0.25) is 0 Å². The topological polar surface area (TPSA) is 97.1 Å². The van der Waals surface area contributed by atoms with E-state index in [0.717, 1.165) is 0 Å². The van der Waals surface area contributed by atoms with Crippen LogP contribution in [0.4, 0.5) is 4.39 Å². The molecule has 8 heteroatoms. The molecule has 0 aliphatic carbocycles. The van der Waals surface area contributed by atoms with Crippen molar-refractivity contribution >= 4 is 11.7 Å². The molecule has 31 heavy (non-hydrogen) atoms. The highest BCUT2D eigenvalue weighted by Crippen LogP contribution is 2.16. The third-order valence-electron chi connectivity index (χ3n) is 4.22. The van der Waals surface area contributed by atoms with Crippen LogP contribution in [0.1, 0.15) is 26.3 Å². The van der Waals surface area contributed by atoms with Gasteiger partial charge in [-0.05, 0) is 36.4 Å². The zero-order valence-corrected chi connectivity index (χ0v) is 17.1. The predicted molar refractivity (Wildman–Crippen MR) is 113 cm³/mol. The summed E-state index contributed by atoms with van der Waals surface area (Å²) in [6.07, 6.45) is 1.00. The lowest BCUT2D eigenvalue weighted by Crippen LogP contribution is -2.19. The molecule has 0 spiro atoms. The fourth-order valence-electron chi connectivity index (χ4n) is 2.59. The third-order valence-corrected chi connectivity index (χ3v) is 4.22. The number of hydrogen-bond acceptors (Lipinski definition) is 6. The Kier molecular flexibility index (Phi) is 10.4. The van der Waals surface area contributed by atoms with Gasteiger partial charge in [0.15, 0.2) is 12.6 Å². The molecule has 7 nitrogen and oxygen atoms in total. The number of carbonyl (C=O) groups excluding carboxylic acids is 2. The number of carbonyl (C=O) groups is 2. The predicted octanol–water partition coefficient (Wildman–Crippen LogP) is 2.93. The van der Waals surface area contributed by atoms with E-state index >= 15 is 0 Å². The van der Waals surface area contributed by atoms with Gasteiger partial charge in [0.05, 0.1) is 26.4 Å². The number of benzene rings is 2. The molecule has 1 unspecified atom stereocenters. The minimum absolute atomic E-state index is 0.213. The number of alkyl halides is 1. The molecule has 166 valence electrons. The second kappa shape index (κ2) is 13.3. The number of amides is 1. The van der Waals surface area contributed by atoms with E-state index in [0.29, 0.717) is 43.3 Å². The normalized spacial score (nSPS) is 11.6. The van der Waals surface area contributed by atoms with Gasteiger partial charge in [0.25, 0.3) is 0 Å². The summed E-state index contributed by atoms with van der Waals surface area (Å²) in [5, 5.41) is 0.